The van der Waals surface area contributed by atoms with E-state index in [-0.39, 0.29) is 5.91 Å². The summed E-state index contributed by atoms with van der Waals surface area (Å²) in [7, 11) is 0. The Bertz CT molecular complexity index is 681. The molecule has 1 N–H and O–H groups in total. The van der Waals surface area contributed by atoms with Crippen molar-refractivity contribution in [2.24, 2.45) is 0 Å². The van der Waals surface area contributed by atoms with Crippen LogP contribution in [0.3, 0.4) is 0 Å². The average Bonchev–Trinajstić information content (AvgIpc) is 3.04. The van der Waals surface area contributed by atoms with Gasteiger partial charge in [-0.3, -0.25) is 4.79 Å². The molecule has 0 saturated heterocycles. The van der Waals surface area contributed by atoms with Crippen LogP contribution in [0.1, 0.15) is 23.1 Å². The third-order valence-corrected chi connectivity index (χ3v) is 4.79. The van der Waals surface area contributed by atoms with Crippen LogP contribution >= 0.6 is 11.3 Å². The molecule has 0 bridgehead atoms. The smallest absolute Gasteiger partial charge is 0.326 e. The molecule has 22 heavy (non-hydrogen) atoms. The minimum absolute atomic E-state index is 0.0897. The number of benzene rings is 1. The maximum Gasteiger partial charge on any atom is 0.326 e. The van der Waals surface area contributed by atoms with E-state index in [0.717, 1.165) is 16.7 Å². The highest BCUT2D eigenvalue weighted by Gasteiger charge is 2.33. The van der Waals surface area contributed by atoms with E-state index in [1.807, 2.05) is 41.1 Å². The van der Waals surface area contributed by atoms with Crippen LogP contribution in [0.15, 0.2) is 41.1 Å². The SMILES string of the molecule is O=C(O)C1Cc2ccccc2CN1C(=O)CCc1ccsc1. The predicted octanol–water partition coefficient (Wildman–Crippen LogP) is 2.72. The van der Waals surface area contributed by atoms with Gasteiger partial charge in [-0.05, 0) is 39.9 Å². The van der Waals surface area contributed by atoms with Gasteiger partial charge in [-0.15, -0.1) is 0 Å². The molecule has 2 aromatic rings. The Morgan fingerprint density at radius 2 is 2.00 bits per heavy atom. The monoisotopic (exact) mass is 315 g/mol. The van der Waals surface area contributed by atoms with E-state index in [2.05, 4.69) is 0 Å². The maximum absolute atomic E-state index is 12.5. The summed E-state index contributed by atoms with van der Waals surface area (Å²) < 4.78 is 0. The molecule has 1 amide bonds. The molecule has 1 aromatic carbocycles. The van der Waals surface area contributed by atoms with Crippen molar-refractivity contribution in [2.75, 3.05) is 0 Å². The lowest BCUT2D eigenvalue weighted by Gasteiger charge is -2.34. The molecule has 1 unspecified atom stereocenters. The number of carbonyl (C=O) groups excluding carboxylic acids is 1. The molecule has 5 heteroatoms. The van der Waals surface area contributed by atoms with Crippen molar-refractivity contribution in [3.8, 4) is 0 Å². The van der Waals surface area contributed by atoms with Gasteiger partial charge in [0.1, 0.15) is 6.04 Å². The van der Waals surface area contributed by atoms with E-state index in [0.29, 0.717) is 25.8 Å². The van der Waals surface area contributed by atoms with Crippen LogP contribution in [-0.2, 0) is 29.0 Å². The molecule has 0 spiro atoms. The highest BCUT2D eigenvalue weighted by molar-refractivity contribution is 7.07. The van der Waals surface area contributed by atoms with Crippen LogP contribution in [-0.4, -0.2) is 27.9 Å². The summed E-state index contributed by atoms with van der Waals surface area (Å²) in [6, 6.07) is 8.98. The van der Waals surface area contributed by atoms with Crippen LogP contribution < -0.4 is 0 Å². The van der Waals surface area contributed by atoms with Gasteiger partial charge < -0.3 is 10.0 Å². The number of aliphatic carboxylic acids is 1. The Hall–Kier alpha value is -2.14. The Kier molecular flexibility index (Phi) is 4.24. The van der Waals surface area contributed by atoms with Gasteiger partial charge in [-0.1, -0.05) is 24.3 Å². The van der Waals surface area contributed by atoms with Crippen LogP contribution in [0.4, 0.5) is 0 Å². The number of hydrogen-bond donors (Lipinski definition) is 1. The minimum atomic E-state index is -0.932. The number of hydrogen-bond acceptors (Lipinski definition) is 3. The summed E-state index contributed by atoms with van der Waals surface area (Å²) in [5.74, 6) is -1.02. The summed E-state index contributed by atoms with van der Waals surface area (Å²) >= 11 is 1.60. The normalized spacial score (nSPS) is 17.1. The third kappa shape index (κ3) is 3.04. The molecule has 0 radical (unpaired) electrons. The number of nitrogens with zero attached hydrogens (tertiary/aromatic N) is 1. The van der Waals surface area contributed by atoms with E-state index in [1.165, 1.54) is 4.90 Å². The highest BCUT2D eigenvalue weighted by Crippen LogP contribution is 2.24. The number of rotatable bonds is 4. The van der Waals surface area contributed by atoms with E-state index in [9.17, 15) is 14.7 Å². The Morgan fingerprint density at radius 3 is 2.68 bits per heavy atom. The van der Waals surface area contributed by atoms with Gasteiger partial charge in [0.25, 0.3) is 0 Å². The molecular weight excluding hydrogens is 298 g/mol. The molecule has 1 atom stereocenters. The zero-order valence-corrected chi connectivity index (χ0v) is 12.9. The first-order chi connectivity index (χ1) is 10.6. The lowest BCUT2D eigenvalue weighted by molar-refractivity contribution is -0.151. The Balaban J connectivity index is 1.75. The number of thiophene rings is 1. The van der Waals surface area contributed by atoms with Gasteiger partial charge in [-0.2, -0.15) is 11.3 Å². The van der Waals surface area contributed by atoms with E-state index >= 15 is 0 Å². The molecule has 1 aliphatic rings. The van der Waals surface area contributed by atoms with E-state index in [1.54, 1.807) is 11.3 Å². The van der Waals surface area contributed by atoms with Crippen molar-refractivity contribution in [3.63, 3.8) is 0 Å². The van der Waals surface area contributed by atoms with Crippen LogP contribution in [0.5, 0.6) is 0 Å². The lowest BCUT2D eigenvalue weighted by atomic mass is 9.93. The number of fused-ring (bicyclic) bond motifs is 1. The number of carboxylic acid groups (broad SMARTS) is 1. The van der Waals surface area contributed by atoms with Gasteiger partial charge in [0.2, 0.25) is 5.91 Å². The maximum atomic E-state index is 12.5. The van der Waals surface area contributed by atoms with Crippen LogP contribution in [0.2, 0.25) is 0 Å². The van der Waals surface area contributed by atoms with Gasteiger partial charge in [0.05, 0.1) is 0 Å². The Labute approximate surface area is 133 Å². The van der Waals surface area contributed by atoms with Crippen molar-refractivity contribution in [3.05, 3.63) is 57.8 Å². The second-order valence-corrected chi connectivity index (χ2v) is 6.26. The number of carbonyl (C=O) groups is 2. The van der Waals surface area contributed by atoms with Gasteiger partial charge in [0.15, 0.2) is 0 Å². The summed E-state index contributed by atoms with van der Waals surface area (Å²) in [6.07, 6.45) is 1.39. The van der Waals surface area contributed by atoms with Crippen LogP contribution in [0.25, 0.3) is 0 Å². The molecular formula is C17H17NO3S. The van der Waals surface area contributed by atoms with Crippen LogP contribution in [0, 0.1) is 0 Å². The average molecular weight is 315 g/mol. The number of amides is 1. The molecule has 0 saturated carbocycles. The third-order valence-electron chi connectivity index (χ3n) is 4.06. The highest BCUT2D eigenvalue weighted by atomic mass is 32.1. The zero-order chi connectivity index (χ0) is 15.5. The predicted molar refractivity (Wildman–Crippen MR) is 84.8 cm³/mol. The fourth-order valence-corrected chi connectivity index (χ4v) is 3.54. The van der Waals surface area contributed by atoms with Gasteiger partial charge in [-0.25, -0.2) is 4.79 Å². The molecule has 1 aliphatic heterocycles. The van der Waals surface area contributed by atoms with E-state index in [4.69, 9.17) is 0 Å². The summed E-state index contributed by atoms with van der Waals surface area (Å²) in [4.78, 5) is 25.5. The standard InChI is InChI=1S/C17H17NO3S/c19-16(6-5-12-7-8-22-11-12)18-10-14-4-2-1-3-13(14)9-15(18)17(20)21/h1-4,7-8,11,15H,5-6,9-10H2,(H,20,21). The fraction of sp³-hybridized carbons (Fsp3) is 0.294. The summed E-state index contributed by atoms with van der Waals surface area (Å²) in [5.41, 5.74) is 3.20. The summed E-state index contributed by atoms with van der Waals surface area (Å²) in [5, 5.41) is 13.4. The number of aryl methyl sites for hydroxylation is 1. The molecule has 0 aliphatic carbocycles. The van der Waals surface area contributed by atoms with Crippen molar-refractivity contribution < 1.29 is 14.7 Å². The van der Waals surface area contributed by atoms with Crippen molar-refractivity contribution in [2.45, 2.75) is 31.8 Å². The molecule has 3 rings (SSSR count). The topological polar surface area (TPSA) is 57.6 Å². The van der Waals surface area contributed by atoms with Crippen molar-refractivity contribution >= 4 is 23.2 Å². The molecule has 2 heterocycles. The second kappa shape index (κ2) is 6.32. The first kappa shape index (κ1) is 14.8. The quantitative estimate of drug-likeness (QED) is 0.944. The fourth-order valence-electron chi connectivity index (χ4n) is 2.84. The largest absolute Gasteiger partial charge is 0.480 e. The van der Waals surface area contributed by atoms with Crippen molar-refractivity contribution in [1.82, 2.24) is 4.90 Å². The zero-order valence-electron chi connectivity index (χ0n) is 12.1. The van der Waals surface area contributed by atoms with Crippen molar-refractivity contribution in [1.29, 1.82) is 0 Å². The molecule has 4 nitrogen and oxygen atoms in total. The minimum Gasteiger partial charge on any atom is -0.480 e. The lowest BCUT2D eigenvalue weighted by Crippen LogP contribution is -2.48. The summed E-state index contributed by atoms with van der Waals surface area (Å²) in [6.45, 7) is 0.385. The molecule has 1 aromatic heterocycles. The molecule has 0 fully saturated rings. The second-order valence-electron chi connectivity index (χ2n) is 5.48. The van der Waals surface area contributed by atoms with Gasteiger partial charge in [0, 0.05) is 19.4 Å². The first-order valence-electron chi connectivity index (χ1n) is 7.25. The van der Waals surface area contributed by atoms with Gasteiger partial charge >= 0.3 is 5.97 Å². The van der Waals surface area contributed by atoms with E-state index < -0.39 is 12.0 Å². The Morgan fingerprint density at radius 1 is 1.23 bits per heavy atom. The first-order valence-corrected chi connectivity index (χ1v) is 8.19. The molecule has 114 valence electrons. The number of carboxylic acids is 1.